The summed E-state index contributed by atoms with van der Waals surface area (Å²) in [5, 5.41) is 11.6. The smallest absolute Gasteiger partial charge is 0.347 e. The van der Waals surface area contributed by atoms with E-state index in [0.29, 0.717) is 11.1 Å². The van der Waals surface area contributed by atoms with Gasteiger partial charge in [0.1, 0.15) is 19.2 Å². The molecule has 0 aromatic heterocycles. The van der Waals surface area contributed by atoms with Gasteiger partial charge < -0.3 is 14.3 Å². The molecule has 1 fully saturated rings. The summed E-state index contributed by atoms with van der Waals surface area (Å²) in [6, 6.07) is 18.3. The quantitative estimate of drug-likeness (QED) is 0.270. The number of ether oxygens (including phenoxy) is 1. The number of likely N-dealkylation sites (tertiary alicyclic amines) is 1. The fraction of sp³-hybridized carbons (Fsp3) is 0.464. The summed E-state index contributed by atoms with van der Waals surface area (Å²) in [6.45, 7) is 4.30. The fourth-order valence-corrected chi connectivity index (χ4v) is 4.48. The number of quaternary nitrogens is 1. The van der Waals surface area contributed by atoms with Crippen LogP contribution in [0.4, 0.5) is 0 Å². The maximum atomic E-state index is 13.3. The number of hydrogen-bond donors (Lipinski definition) is 1. The molecule has 2 aromatic carbocycles. The van der Waals surface area contributed by atoms with Crippen molar-refractivity contribution in [1.29, 1.82) is 0 Å². The van der Waals surface area contributed by atoms with Gasteiger partial charge in [-0.15, -0.1) is 0 Å². The lowest BCUT2D eigenvalue weighted by molar-refractivity contribution is -0.914. The van der Waals surface area contributed by atoms with Gasteiger partial charge in [0.05, 0.1) is 13.6 Å². The SMILES string of the molecule is CCCCCC#CC[N+]1(C)CCC[C@H]1COC(=O)C(O)(c1ccccc1)c1ccccc1. The van der Waals surface area contributed by atoms with E-state index in [4.69, 9.17) is 4.74 Å². The third kappa shape index (κ3) is 5.59. The predicted octanol–water partition coefficient (Wildman–Crippen LogP) is 4.66. The first kappa shape index (κ1) is 24.0. The zero-order valence-electron chi connectivity index (χ0n) is 19.4. The van der Waals surface area contributed by atoms with Crippen molar-refractivity contribution in [2.75, 3.05) is 26.7 Å². The molecule has 0 aliphatic carbocycles. The Morgan fingerprint density at radius 1 is 1.06 bits per heavy atom. The summed E-state index contributed by atoms with van der Waals surface area (Å²) in [6.07, 6.45) is 6.64. The van der Waals surface area contributed by atoms with E-state index in [2.05, 4.69) is 25.8 Å². The molecular weight excluding hydrogens is 398 g/mol. The van der Waals surface area contributed by atoms with Crippen molar-refractivity contribution in [3.05, 3.63) is 71.8 Å². The van der Waals surface area contributed by atoms with Gasteiger partial charge in [-0.05, 0) is 23.5 Å². The number of rotatable bonds is 9. The fourth-order valence-electron chi connectivity index (χ4n) is 4.48. The Morgan fingerprint density at radius 3 is 2.28 bits per heavy atom. The van der Waals surface area contributed by atoms with E-state index in [1.165, 1.54) is 12.8 Å². The van der Waals surface area contributed by atoms with Crippen molar-refractivity contribution < 1.29 is 19.1 Å². The molecule has 3 rings (SSSR count). The third-order valence-corrected chi connectivity index (χ3v) is 6.64. The van der Waals surface area contributed by atoms with Crippen molar-refractivity contribution in [3.8, 4) is 11.8 Å². The van der Waals surface area contributed by atoms with Crippen LogP contribution in [0, 0.1) is 11.8 Å². The third-order valence-electron chi connectivity index (χ3n) is 6.64. The van der Waals surface area contributed by atoms with Crippen LogP contribution in [0.1, 0.15) is 56.6 Å². The van der Waals surface area contributed by atoms with Gasteiger partial charge in [0.25, 0.3) is 0 Å². The molecule has 0 amide bonds. The molecule has 4 heteroatoms. The summed E-state index contributed by atoms with van der Waals surface area (Å²) in [5.41, 5.74) is -0.806. The topological polar surface area (TPSA) is 46.5 Å². The maximum Gasteiger partial charge on any atom is 0.347 e. The van der Waals surface area contributed by atoms with Crippen LogP contribution in [0.25, 0.3) is 0 Å². The molecule has 0 radical (unpaired) electrons. The van der Waals surface area contributed by atoms with Crippen molar-refractivity contribution >= 4 is 5.97 Å². The van der Waals surface area contributed by atoms with E-state index in [-0.39, 0.29) is 12.6 Å². The number of benzene rings is 2. The minimum Gasteiger partial charge on any atom is -0.457 e. The summed E-state index contributed by atoms with van der Waals surface area (Å²) in [5.74, 6) is 6.04. The normalized spacial score (nSPS) is 20.4. The highest BCUT2D eigenvalue weighted by atomic mass is 16.6. The molecule has 32 heavy (non-hydrogen) atoms. The van der Waals surface area contributed by atoms with Gasteiger partial charge in [-0.1, -0.05) is 86.3 Å². The molecule has 1 aliphatic heterocycles. The molecule has 1 saturated heterocycles. The second-order valence-electron chi connectivity index (χ2n) is 9.01. The highest BCUT2D eigenvalue weighted by Gasteiger charge is 2.44. The van der Waals surface area contributed by atoms with E-state index in [1.54, 1.807) is 24.3 Å². The van der Waals surface area contributed by atoms with Crippen LogP contribution < -0.4 is 0 Å². The van der Waals surface area contributed by atoms with Gasteiger partial charge in [-0.25, -0.2) is 4.79 Å². The lowest BCUT2D eigenvalue weighted by Crippen LogP contribution is -2.51. The van der Waals surface area contributed by atoms with E-state index >= 15 is 0 Å². The van der Waals surface area contributed by atoms with E-state index < -0.39 is 11.6 Å². The van der Waals surface area contributed by atoms with E-state index in [0.717, 1.165) is 43.3 Å². The van der Waals surface area contributed by atoms with Crippen molar-refractivity contribution in [1.82, 2.24) is 0 Å². The Kier molecular flexibility index (Phi) is 8.50. The van der Waals surface area contributed by atoms with Crippen LogP contribution >= 0.6 is 0 Å². The molecule has 1 heterocycles. The van der Waals surface area contributed by atoms with Gasteiger partial charge in [0.2, 0.25) is 5.60 Å². The van der Waals surface area contributed by atoms with Crippen LogP contribution in [0.2, 0.25) is 0 Å². The molecule has 4 nitrogen and oxygen atoms in total. The molecule has 1 aliphatic rings. The zero-order chi connectivity index (χ0) is 22.9. The van der Waals surface area contributed by atoms with Gasteiger partial charge in [-0.3, -0.25) is 0 Å². The summed E-state index contributed by atoms with van der Waals surface area (Å²) < 4.78 is 6.60. The maximum absolute atomic E-state index is 13.3. The number of likely N-dealkylation sites (N-methyl/N-ethyl adjacent to an activating group) is 1. The van der Waals surface area contributed by atoms with Crippen LogP contribution in [-0.2, 0) is 15.1 Å². The van der Waals surface area contributed by atoms with Crippen molar-refractivity contribution in [3.63, 3.8) is 0 Å². The Morgan fingerprint density at radius 2 is 1.69 bits per heavy atom. The molecule has 1 unspecified atom stereocenters. The number of unbranched alkanes of at least 4 members (excludes halogenated alkanes) is 3. The van der Waals surface area contributed by atoms with Crippen LogP contribution in [0.15, 0.2) is 60.7 Å². The molecule has 0 saturated carbocycles. The predicted molar refractivity (Wildman–Crippen MR) is 128 cm³/mol. The first-order valence-electron chi connectivity index (χ1n) is 11.8. The first-order chi connectivity index (χ1) is 15.5. The Labute approximate surface area is 192 Å². The zero-order valence-corrected chi connectivity index (χ0v) is 19.4. The van der Waals surface area contributed by atoms with Gasteiger partial charge in [-0.2, -0.15) is 0 Å². The number of hydrogen-bond acceptors (Lipinski definition) is 3. The first-order valence-corrected chi connectivity index (χ1v) is 11.8. The number of carbonyl (C=O) groups excluding carboxylic acids is 1. The second-order valence-corrected chi connectivity index (χ2v) is 9.01. The van der Waals surface area contributed by atoms with Crippen molar-refractivity contribution in [2.24, 2.45) is 0 Å². The second kappa shape index (κ2) is 11.3. The summed E-state index contributed by atoms with van der Waals surface area (Å²) in [4.78, 5) is 13.3. The lowest BCUT2D eigenvalue weighted by Gasteiger charge is -2.35. The molecule has 1 N–H and O–H groups in total. The standard InChI is InChI=1S/C28H36NO3/c1-3-4-5-6-7-14-21-29(2)22-15-20-26(29)23-32-27(30)28(31,24-16-10-8-11-17-24)25-18-12-9-13-19-25/h8-13,16-19,26,31H,3-6,15,20-23H2,1-2H3/q+1/t26-,29?/m0/s1. The van der Waals surface area contributed by atoms with Crippen LogP contribution in [0.5, 0.6) is 0 Å². The molecule has 0 spiro atoms. The number of aliphatic hydroxyl groups is 1. The molecule has 170 valence electrons. The molecule has 2 atom stereocenters. The monoisotopic (exact) mass is 434 g/mol. The highest BCUT2D eigenvalue weighted by Crippen LogP contribution is 2.32. The molecule has 2 aromatic rings. The number of carbonyl (C=O) groups is 1. The Balaban J connectivity index is 1.69. The average molecular weight is 435 g/mol. The van der Waals surface area contributed by atoms with E-state index in [1.807, 2.05) is 36.4 Å². The molecular formula is C28H36NO3+. The van der Waals surface area contributed by atoms with Gasteiger partial charge in [0.15, 0.2) is 0 Å². The largest absolute Gasteiger partial charge is 0.457 e. The number of nitrogens with zero attached hydrogens (tertiary/aromatic N) is 1. The van der Waals surface area contributed by atoms with Crippen LogP contribution in [-0.4, -0.2) is 48.3 Å². The minimum absolute atomic E-state index is 0.194. The summed E-state index contributed by atoms with van der Waals surface area (Å²) in [7, 11) is 2.20. The Hall–Kier alpha value is -2.61. The highest BCUT2D eigenvalue weighted by molar-refractivity contribution is 5.85. The van der Waals surface area contributed by atoms with E-state index in [9.17, 15) is 9.90 Å². The van der Waals surface area contributed by atoms with Crippen LogP contribution in [0.3, 0.4) is 0 Å². The number of esters is 1. The Bertz CT molecular complexity index is 876. The van der Waals surface area contributed by atoms with Crippen molar-refractivity contribution in [2.45, 2.75) is 57.1 Å². The summed E-state index contributed by atoms with van der Waals surface area (Å²) >= 11 is 0. The average Bonchev–Trinajstić information content (AvgIpc) is 3.20. The minimum atomic E-state index is -1.83. The molecule has 0 bridgehead atoms. The van der Waals surface area contributed by atoms with Gasteiger partial charge >= 0.3 is 5.97 Å². The lowest BCUT2D eigenvalue weighted by atomic mass is 9.86. The van der Waals surface area contributed by atoms with Gasteiger partial charge in [0, 0.05) is 19.3 Å².